The van der Waals surface area contributed by atoms with Crippen molar-refractivity contribution in [1.29, 1.82) is 0 Å². The molecule has 2 rings (SSSR count). The summed E-state index contributed by atoms with van der Waals surface area (Å²) < 4.78 is 5.48. The predicted molar refractivity (Wildman–Crippen MR) is 70.6 cm³/mol. The number of hydrogen-bond donors (Lipinski definition) is 1. The Kier molecular flexibility index (Phi) is 4.17. The molecule has 1 aromatic heterocycles. The fourth-order valence-corrected chi connectivity index (χ4v) is 1.68. The summed E-state index contributed by atoms with van der Waals surface area (Å²) in [4.78, 5) is 1.89. The van der Waals surface area contributed by atoms with Gasteiger partial charge in [-0.15, -0.1) is 5.10 Å². The van der Waals surface area contributed by atoms with Crippen molar-refractivity contribution in [3.63, 3.8) is 0 Å². The van der Waals surface area contributed by atoms with Crippen molar-refractivity contribution in [2.45, 2.75) is 13.0 Å². The first kappa shape index (κ1) is 12.9. The molecule has 0 fully saturated rings. The monoisotopic (exact) mass is 266 g/mol. The highest BCUT2D eigenvalue weighted by molar-refractivity contribution is 6.30. The molecule has 6 heteroatoms. The molecular weight excluding hydrogens is 252 g/mol. The van der Waals surface area contributed by atoms with Gasteiger partial charge in [-0.3, -0.25) is 0 Å². The molecular formula is C12H15ClN4O. The standard InChI is InChI=1S/C12H15ClN4O/c1-17(8-9-2-4-10(13)5-3-9)12-16-15-11(18-12)6-7-14/h2-5H,6-8,14H2,1H3. The van der Waals surface area contributed by atoms with E-state index in [0.717, 1.165) is 10.6 Å². The van der Waals surface area contributed by atoms with Crippen molar-refractivity contribution in [2.24, 2.45) is 5.73 Å². The molecule has 0 aliphatic rings. The molecule has 0 atom stereocenters. The van der Waals surface area contributed by atoms with E-state index < -0.39 is 0 Å². The minimum Gasteiger partial charge on any atom is -0.408 e. The highest BCUT2D eigenvalue weighted by Gasteiger charge is 2.10. The van der Waals surface area contributed by atoms with Crippen molar-refractivity contribution in [3.05, 3.63) is 40.7 Å². The van der Waals surface area contributed by atoms with Gasteiger partial charge in [-0.1, -0.05) is 28.8 Å². The van der Waals surface area contributed by atoms with Gasteiger partial charge < -0.3 is 15.1 Å². The van der Waals surface area contributed by atoms with Crippen molar-refractivity contribution in [1.82, 2.24) is 10.2 Å². The summed E-state index contributed by atoms with van der Waals surface area (Å²) >= 11 is 5.84. The molecule has 0 aliphatic carbocycles. The van der Waals surface area contributed by atoms with E-state index >= 15 is 0 Å². The lowest BCUT2D eigenvalue weighted by atomic mass is 10.2. The van der Waals surface area contributed by atoms with Crippen LogP contribution in [0.2, 0.25) is 5.02 Å². The maximum Gasteiger partial charge on any atom is 0.318 e. The van der Waals surface area contributed by atoms with Crippen LogP contribution in [-0.4, -0.2) is 23.8 Å². The highest BCUT2D eigenvalue weighted by atomic mass is 35.5. The van der Waals surface area contributed by atoms with Crippen LogP contribution in [0.15, 0.2) is 28.7 Å². The maximum absolute atomic E-state index is 5.84. The Labute approximate surface area is 111 Å². The lowest BCUT2D eigenvalue weighted by Gasteiger charge is -2.13. The zero-order valence-corrected chi connectivity index (χ0v) is 10.9. The molecule has 2 aromatic rings. The Morgan fingerprint density at radius 1 is 1.28 bits per heavy atom. The third-order valence-corrected chi connectivity index (χ3v) is 2.73. The van der Waals surface area contributed by atoms with E-state index in [1.54, 1.807) is 0 Å². The van der Waals surface area contributed by atoms with Gasteiger partial charge in [0.05, 0.1) is 0 Å². The van der Waals surface area contributed by atoms with E-state index in [1.807, 2.05) is 36.2 Å². The number of benzene rings is 1. The van der Waals surface area contributed by atoms with E-state index in [1.165, 1.54) is 0 Å². The van der Waals surface area contributed by atoms with Gasteiger partial charge in [0.15, 0.2) is 0 Å². The average Bonchev–Trinajstić information content (AvgIpc) is 2.81. The van der Waals surface area contributed by atoms with Crippen LogP contribution in [0.5, 0.6) is 0 Å². The normalized spacial score (nSPS) is 10.6. The van der Waals surface area contributed by atoms with E-state index in [4.69, 9.17) is 21.8 Å². The second kappa shape index (κ2) is 5.84. The minimum atomic E-state index is 0.494. The molecule has 1 aromatic carbocycles. The lowest BCUT2D eigenvalue weighted by Crippen LogP contribution is -2.16. The van der Waals surface area contributed by atoms with E-state index in [0.29, 0.717) is 31.4 Å². The van der Waals surface area contributed by atoms with Crippen molar-refractivity contribution < 1.29 is 4.42 Å². The summed E-state index contributed by atoms with van der Waals surface area (Å²) in [6, 6.07) is 8.15. The summed E-state index contributed by atoms with van der Waals surface area (Å²) in [5, 5.41) is 8.63. The number of nitrogens with zero attached hydrogens (tertiary/aromatic N) is 3. The second-order valence-electron chi connectivity index (χ2n) is 4.00. The number of aromatic nitrogens is 2. The summed E-state index contributed by atoms with van der Waals surface area (Å²) in [6.45, 7) is 1.18. The summed E-state index contributed by atoms with van der Waals surface area (Å²) in [6.07, 6.45) is 0.599. The van der Waals surface area contributed by atoms with Crippen molar-refractivity contribution in [3.8, 4) is 0 Å². The van der Waals surface area contributed by atoms with Gasteiger partial charge >= 0.3 is 6.01 Å². The van der Waals surface area contributed by atoms with Gasteiger partial charge in [0.1, 0.15) is 0 Å². The minimum absolute atomic E-state index is 0.494. The number of anilines is 1. The van der Waals surface area contributed by atoms with Crippen molar-refractivity contribution >= 4 is 17.6 Å². The Morgan fingerprint density at radius 3 is 2.67 bits per heavy atom. The van der Waals surface area contributed by atoms with Gasteiger partial charge in [-0.25, -0.2) is 0 Å². The van der Waals surface area contributed by atoms with Crippen LogP contribution in [0.3, 0.4) is 0 Å². The maximum atomic E-state index is 5.84. The third-order valence-electron chi connectivity index (χ3n) is 2.47. The molecule has 0 saturated heterocycles. The van der Waals surface area contributed by atoms with Gasteiger partial charge in [0.2, 0.25) is 5.89 Å². The average molecular weight is 267 g/mol. The van der Waals surface area contributed by atoms with Gasteiger partial charge in [0, 0.05) is 31.6 Å². The summed E-state index contributed by atoms with van der Waals surface area (Å²) in [7, 11) is 1.90. The number of hydrogen-bond acceptors (Lipinski definition) is 5. The summed E-state index contributed by atoms with van der Waals surface area (Å²) in [5.41, 5.74) is 6.56. The third kappa shape index (κ3) is 3.21. The molecule has 1 heterocycles. The topological polar surface area (TPSA) is 68.2 Å². The number of halogens is 1. The van der Waals surface area contributed by atoms with E-state index in [2.05, 4.69) is 10.2 Å². The second-order valence-corrected chi connectivity index (χ2v) is 4.44. The smallest absolute Gasteiger partial charge is 0.318 e. The Bertz CT molecular complexity index is 497. The number of nitrogens with two attached hydrogens (primary N) is 1. The molecule has 0 aliphatic heterocycles. The molecule has 5 nitrogen and oxygen atoms in total. The van der Waals surface area contributed by atoms with Gasteiger partial charge in [-0.2, -0.15) is 0 Å². The zero-order valence-electron chi connectivity index (χ0n) is 10.1. The molecule has 0 bridgehead atoms. The lowest BCUT2D eigenvalue weighted by molar-refractivity contribution is 0.489. The molecule has 0 radical (unpaired) electrons. The van der Waals surface area contributed by atoms with Crippen LogP contribution >= 0.6 is 11.6 Å². The quantitative estimate of drug-likeness (QED) is 0.895. The van der Waals surface area contributed by atoms with Gasteiger partial charge in [-0.05, 0) is 17.7 Å². The van der Waals surface area contributed by atoms with Crippen LogP contribution < -0.4 is 10.6 Å². The fraction of sp³-hybridized carbons (Fsp3) is 0.333. The first-order chi connectivity index (χ1) is 8.69. The fourth-order valence-electron chi connectivity index (χ4n) is 1.55. The number of rotatable bonds is 5. The molecule has 18 heavy (non-hydrogen) atoms. The van der Waals surface area contributed by atoms with Crippen molar-refractivity contribution in [2.75, 3.05) is 18.5 Å². The Hall–Kier alpha value is -1.59. The zero-order chi connectivity index (χ0) is 13.0. The van der Waals surface area contributed by atoms with Gasteiger partial charge in [0.25, 0.3) is 0 Å². The first-order valence-electron chi connectivity index (χ1n) is 5.67. The van der Waals surface area contributed by atoms with Crippen LogP contribution in [0.1, 0.15) is 11.5 Å². The largest absolute Gasteiger partial charge is 0.408 e. The molecule has 96 valence electrons. The molecule has 0 saturated carbocycles. The molecule has 0 spiro atoms. The molecule has 2 N–H and O–H groups in total. The van der Waals surface area contributed by atoms with Crippen LogP contribution in [-0.2, 0) is 13.0 Å². The molecule has 0 amide bonds. The van der Waals surface area contributed by atoms with Crippen LogP contribution in [0.4, 0.5) is 6.01 Å². The Morgan fingerprint density at radius 2 is 2.00 bits per heavy atom. The van der Waals surface area contributed by atoms with E-state index in [-0.39, 0.29) is 0 Å². The van der Waals surface area contributed by atoms with Crippen LogP contribution in [0, 0.1) is 0 Å². The first-order valence-corrected chi connectivity index (χ1v) is 6.05. The predicted octanol–water partition coefficient (Wildman–Crippen LogP) is 1.86. The van der Waals surface area contributed by atoms with E-state index in [9.17, 15) is 0 Å². The Balaban J connectivity index is 2.02. The SMILES string of the molecule is CN(Cc1ccc(Cl)cc1)c1nnc(CCN)o1. The molecule has 0 unspecified atom stereocenters. The highest BCUT2D eigenvalue weighted by Crippen LogP contribution is 2.15. The summed E-state index contributed by atoms with van der Waals surface area (Å²) in [5.74, 6) is 0.565. The van der Waals surface area contributed by atoms with Crippen LogP contribution in [0.25, 0.3) is 0 Å².